The summed E-state index contributed by atoms with van der Waals surface area (Å²) in [5, 5.41) is -0.225. The SMILES string of the molecule is Cc1ccc(C(=O)Sc2nc(-c3ccccc3)[nH]c2S(=O)(=O)c2ccc(C)cc2)cc1. The van der Waals surface area contributed by atoms with Gasteiger partial charge in [-0.1, -0.05) is 77.9 Å². The monoisotopic (exact) mass is 448 g/mol. The number of imidazole rings is 1. The number of sulfone groups is 1. The Hall–Kier alpha value is -3.16. The summed E-state index contributed by atoms with van der Waals surface area (Å²) >= 11 is 0.809. The first-order valence-corrected chi connectivity index (χ1v) is 11.9. The maximum atomic E-state index is 13.4. The van der Waals surface area contributed by atoms with Crippen LogP contribution in [0, 0.1) is 13.8 Å². The van der Waals surface area contributed by atoms with Gasteiger partial charge in [-0.2, -0.15) is 0 Å². The molecule has 0 amide bonds. The van der Waals surface area contributed by atoms with E-state index in [2.05, 4.69) is 9.97 Å². The van der Waals surface area contributed by atoms with Crippen LogP contribution in [-0.4, -0.2) is 23.5 Å². The lowest BCUT2D eigenvalue weighted by Crippen LogP contribution is -2.05. The van der Waals surface area contributed by atoms with Gasteiger partial charge in [0.15, 0.2) is 5.03 Å². The lowest BCUT2D eigenvalue weighted by atomic mass is 10.2. The number of H-pyrrole nitrogens is 1. The molecule has 0 aliphatic rings. The van der Waals surface area contributed by atoms with Crippen molar-refractivity contribution >= 4 is 26.7 Å². The van der Waals surface area contributed by atoms with Crippen molar-refractivity contribution in [3.8, 4) is 11.4 Å². The van der Waals surface area contributed by atoms with Gasteiger partial charge >= 0.3 is 0 Å². The molecule has 3 aromatic carbocycles. The second-order valence-electron chi connectivity index (χ2n) is 7.16. The quantitative estimate of drug-likeness (QED) is 0.410. The van der Waals surface area contributed by atoms with Crippen molar-refractivity contribution in [3.05, 3.63) is 95.6 Å². The molecule has 5 nitrogen and oxygen atoms in total. The van der Waals surface area contributed by atoms with Crippen molar-refractivity contribution in [2.45, 2.75) is 28.8 Å². The van der Waals surface area contributed by atoms with Crippen LogP contribution in [-0.2, 0) is 9.84 Å². The fraction of sp³-hybridized carbons (Fsp3) is 0.0833. The highest BCUT2D eigenvalue weighted by atomic mass is 32.2. The van der Waals surface area contributed by atoms with Crippen molar-refractivity contribution in [2.24, 2.45) is 0 Å². The highest BCUT2D eigenvalue weighted by Crippen LogP contribution is 2.33. The maximum Gasteiger partial charge on any atom is 0.225 e. The van der Waals surface area contributed by atoms with E-state index in [1.807, 2.05) is 56.3 Å². The van der Waals surface area contributed by atoms with Gasteiger partial charge < -0.3 is 4.98 Å². The summed E-state index contributed by atoms with van der Waals surface area (Å²) in [4.78, 5) is 20.4. The van der Waals surface area contributed by atoms with Gasteiger partial charge in [0.05, 0.1) is 4.90 Å². The van der Waals surface area contributed by atoms with Crippen LogP contribution in [0.15, 0.2) is 93.8 Å². The Kier molecular flexibility index (Phi) is 5.80. The van der Waals surface area contributed by atoms with Crippen LogP contribution in [0.3, 0.4) is 0 Å². The van der Waals surface area contributed by atoms with Crippen molar-refractivity contribution in [1.29, 1.82) is 0 Å². The van der Waals surface area contributed by atoms with E-state index >= 15 is 0 Å². The first-order chi connectivity index (χ1) is 14.8. The Bertz CT molecular complexity index is 1330. The fourth-order valence-electron chi connectivity index (χ4n) is 3.00. The zero-order valence-corrected chi connectivity index (χ0v) is 18.6. The molecular weight excluding hydrogens is 428 g/mol. The summed E-state index contributed by atoms with van der Waals surface area (Å²) < 4.78 is 26.8. The number of aromatic nitrogens is 2. The van der Waals surface area contributed by atoms with Gasteiger partial charge in [-0.3, -0.25) is 4.79 Å². The Balaban J connectivity index is 1.79. The van der Waals surface area contributed by atoms with Gasteiger partial charge in [0.1, 0.15) is 10.9 Å². The minimum absolute atomic E-state index is 0.0827. The molecule has 4 aromatic rings. The topological polar surface area (TPSA) is 79.9 Å². The molecule has 156 valence electrons. The third-order valence-electron chi connectivity index (χ3n) is 4.76. The number of carbonyl (C=O) groups is 1. The third kappa shape index (κ3) is 4.47. The van der Waals surface area contributed by atoms with Crippen LogP contribution in [0.25, 0.3) is 11.4 Å². The molecular formula is C24H20N2O3S2. The number of aromatic amines is 1. The minimum Gasteiger partial charge on any atom is -0.328 e. The predicted octanol–water partition coefficient (Wildman–Crippen LogP) is 5.46. The average Bonchev–Trinajstić information content (AvgIpc) is 3.20. The van der Waals surface area contributed by atoms with E-state index in [1.165, 1.54) is 0 Å². The van der Waals surface area contributed by atoms with Crippen LogP contribution in [0.2, 0.25) is 0 Å². The van der Waals surface area contributed by atoms with Crippen LogP contribution < -0.4 is 0 Å². The normalized spacial score (nSPS) is 11.4. The zero-order valence-electron chi connectivity index (χ0n) is 17.0. The minimum atomic E-state index is -3.90. The molecule has 1 heterocycles. The molecule has 0 atom stereocenters. The maximum absolute atomic E-state index is 13.4. The summed E-state index contributed by atoms with van der Waals surface area (Å²) in [5.74, 6) is 0.394. The van der Waals surface area contributed by atoms with Gasteiger partial charge in [-0.25, -0.2) is 13.4 Å². The molecule has 0 fully saturated rings. The first-order valence-electron chi connectivity index (χ1n) is 9.60. The Labute approximate surface area is 185 Å². The van der Waals surface area contributed by atoms with E-state index in [-0.39, 0.29) is 20.1 Å². The largest absolute Gasteiger partial charge is 0.328 e. The molecule has 0 saturated carbocycles. The molecule has 31 heavy (non-hydrogen) atoms. The fourth-order valence-corrected chi connectivity index (χ4v) is 5.40. The highest BCUT2D eigenvalue weighted by molar-refractivity contribution is 8.14. The van der Waals surface area contributed by atoms with E-state index < -0.39 is 9.84 Å². The number of nitrogens with one attached hydrogen (secondary N) is 1. The number of hydrogen-bond acceptors (Lipinski definition) is 5. The van der Waals surface area contributed by atoms with E-state index in [0.717, 1.165) is 28.5 Å². The summed E-state index contributed by atoms with van der Waals surface area (Å²) in [5.41, 5.74) is 3.21. The first kappa shape index (κ1) is 21.1. The molecule has 0 spiro atoms. The summed E-state index contributed by atoms with van der Waals surface area (Å²) in [6.45, 7) is 3.83. The smallest absolute Gasteiger partial charge is 0.225 e. The average molecular weight is 449 g/mol. The molecule has 0 unspecified atom stereocenters. The molecule has 0 aliphatic heterocycles. The van der Waals surface area contributed by atoms with E-state index in [4.69, 9.17) is 0 Å². The molecule has 0 aliphatic carbocycles. The molecule has 0 saturated heterocycles. The Morgan fingerprint density at radius 3 is 2.03 bits per heavy atom. The number of hydrogen-bond donors (Lipinski definition) is 1. The van der Waals surface area contributed by atoms with E-state index in [0.29, 0.717) is 11.4 Å². The molecule has 4 rings (SSSR count). The van der Waals surface area contributed by atoms with Gasteiger partial charge in [-0.05, 0) is 37.7 Å². The number of carbonyl (C=O) groups excluding carboxylic acids is 1. The van der Waals surface area contributed by atoms with Gasteiger partial charge in [0.2, 0.25) is 15.0 Å². The van der Waals surface area contributed by atoms with E-state index in [1.54, 1.807) is 36.4 Å². The van der Waals surface area contributed by atoms with Crippen molar-refractivity contribution < 1.29 is 13.2 Å². The number of nitrogens with zero attached hydrogens (tertiary/aromatic N) is 1. The molecule has 1 N–H and O–H groups in total. The molecule has 1 aromatic heterocycles. The van der Waals surface area contributed by atoms with E-state index in [9.17, 15) is 13.2 Å². The van der Waals surface area contributed by atoms with Crippen molar-refractivity contribution in [3.63, 3.8) is 0 Å². The number of aryl methyl sites for hydroxylation is 2. The number of benzene rings is 3. The van der Waals surface area contributed by atoms with Crippen molar-refractivity contribution in [2.75, 3.05) is 0 Å². The van der Waals surface area contributed by atoms with Crippen LogP contribution in [0.5, 0.6) is 0 Å². The van der Waals surface area contributed by atoms with Crippen molar-refractivity contribution in [1.82, 2.24) is 9.97 Å². The molecule has 7 heteroatoms. The second-order valence-corrected chi connectivity index (χ2v) is 10.0. The van der Waals surface area contributed by atoms with Gasteiger partial charge in [0, 0.05) is 11.1 Å². The Morgan fingerprint density at radius 1 is 0.839 bits per heavy atom. The lowest BCUT2D eigenvalue weighted by Gasteiger charge is -2.05. The highest BCUT2D eigenvalue weighted by Gasteiger charge is 2.28. The lowest BCUT2D eigenvalue weighted by molar-refractivity contribution is 0.108. The summed E-state index contributed by atoms with van der Waals surface area (Å²) in [6, 6.07) is 23.0. The molecule has 0 bridgehead atoms. The van der Waals surface area contributed by atoms with Gasteiger partial charge in [0.25, 0.3) is 0 Å². The van der Waals surface area contributed by atoms with Crippen LogP contribution in [0.1, 0.15) is 21.5 Å². The summed E-state index contributed by atoms with van der Waals surface area (Å²) in [6.07, 6.45) is 0. The number of thioether (sulfide) groups is 1. The number of rotatable bonds is 5. The Morgan fingerprint density at radius 2 is 1.42 bits per heavy atom. The standard InChI is InChI=1S/C24H20N2O3S2/c1-16-8-12-19(13-9-16)24(27)30-22-23(26-21(25-22)18-6-4-3-5-7-18)31(28,29)20-14-10-17(2)11-15-20/h3-15H,1-2H3,(H,25,26). The van der Waals surface area contributed by atoms with Gasteiger partial charge in [-0.15, -0.1) is 0 Å². The second kappa shape index (κ2) is 8.53. The van der Waals surface area contributed by atoms with Crippen LogP contribution >= 0.6 is 11.8 Å². The molecule has 0 radical (unpaired) electrons. The third-order valence-corrected chi connectivity index (χ3v) is 7.53. The zero-order chi connectivity index (χ0) is 22.0. The van der Waals surface area contributed by atoms with Crippen LogP contribution in [0.4, 0.5) is 0 Å². The predicted molar refractivity (Wildman–Crippen MR) is 122 cm³/mol. The summed E-state index contributed by atoms with van der Waals surface area (Å²) in [7, 11) is -3.90.